The van der Waals surface area contributed by atoms with Gasteiger partial charge in [0, 0.05) is 10.2 Å². The summed E-state index contributed by atoms with van der Waals surface area (Å²) in [5.41, 5.74) is -1.33. The average Bonchev–Trinajstić information content (AvgIpc) is 2.39. The molecule has 118 valence electrons. The summed E-state index contributed by atoms with van der Waals surface area (Å²) in [6.07, 6.45) is -4.67. The molecule has 0 spiro atoms. The van der Waals surface area contributed by atoms with Crippen molar-refractivity contribution in [1.82, 2.24) is 0 Å². The van der Waals surface area contributed by atoms with Gasteiger partial charge in [-0.05, 0) is 36.4 Å². The maximum absolute atomic E-state index is 12.8. The van der Waals surface area contributed by atoms with Crippen molar-refractivity contribution < 1.29 is 21.6 Å². The van der Waals surface area contributed by atoms with Gasteiger partial charge in [-0.25, -0.2) is 8.42 Å². The van der Waals surface area contributed by atoms with Crippen LogP contribution in [0.4, 0.5) is 18.9 Å². The summed E-state index contributed by atoms with van der Waals surface area (Å²) in [5, 5.41) is -0.502. The molecule has 0 bridgehead atoms. The molecule has 2 aromatic carbocycles. The Hall–Kier alpha value is -1.25. The Bertz CT molecular complexity index is 809. The van der Waals surface area contributed by atoms with Crippen LogP contribution in [-0.4, -0.2) is 8.42 Å². The van der Waals surface area contributed by atoms with Crippen LogP contribution < -0.4 is 4.72 Å². The summed E-state index contributed by atoms with van der Waals surface area (Å²) in [6, 6.07) is 8.59. The average molecular weight is 415 g/mol. The minimum atomic E-state index is -4.67. The second-order valence-corrected chi connectivity index (χ2v) is 7.26. The van der Waals surface area contributed by atoms with E-state index in [9.17, 15) is 21.6 Å². The molecule has 0 saturated carbocycles. The molecule has 0 fully saturated rings. The Balaban J connectivity index is 2.39. The quantitative estimate of drug-likeness (QED) is 0.775. The zero-order valence-corrected chi connectivity index (χ0v) is 13.8. The summed E-state index contributed by atoms with van der Waals surface area (Å²) in [6.45, 7) is 0. The third-order valence-corrected chi connectivity index (χ3v) is 4.83. The van der Waals surface area contributed by atoms with Gasteiger partial charge in [-0.1, -0.05) is 33.6 Å². The van der Waals surface area contributed by atoms with Gasteiger partial charge < -0.3 is 0 Å². The third-order valence-electron chi connectivity index (χ3n) is 2.63. The molecular weight excluding hydrogens is 407 g/mol. The number of alkyl halides is 3. The highest BCUT2D eigenvalue weighted by molar-refractivity contribution is 9.10. The SMILES string of the molecule is O=S(=O)(Nc1ccc(Cl)c(C(F)(F)F)c1)c1cccc(Br)c1. The lowest BCUT2D eigenvalue weighted by Crippen LogP contribution is -2.14. The Morgan fingerprint density at radius 1 is 1.09 bits per heavy atom. The highest BCUT2D eigenvalue weighted by atomic mass is 79.9. The molecule has 0 unspecified atom stereocenters. The lowest BCUT2D eigenvalue weighted by molar-refractivity contribution is -0.137. The minimum absolute atomic E-state index is 0.0783. The molecule has 22 heavy (non-hydrogen) atoms. The molecule has 1 N–H and O–H groups in total. The van der Waals surface area contributed by atoms with Gasteiger partial charge in [-0.3, -0.25) is 4.72 Å². The lowest BCUT2D eigenvalue weighted by Gasteiger charge is -2.13. The number of nitrogens with one attached hydrogen (secondary N) is 1. The van der Waals surface area contributed by atoms with Gasteiger partial charge in [0.05, 0.1) is 15.5 Å². The van der Waals surface area contributed by atoms with Crippen molar-refractivity contribution in [3.63, 3.8) is 0 Å². The zero-order chi connectivity index (χ0) is 16.5. The van der Waals surface area contributed by atoms with Gasteiger partial charge in [0.1, 0.15) is 0 Å². The van der Waals surface area contributed by atoms with Crippen LogP contribution >= 0.6 is 27.5 Å². The molecule has 3 nitrogen and oxygen atoms in total. The molecule has 0 atom stereocenters. The van der Waals surface area contributed by atoms with Gasteiger partial charge in [0.25, 0.3) is 10.0 Å². The maximum atomic E-state index is 12.8. The molecule has 0 aliphatic heterocycles. The van der Waals surface area contributed by atoms with Gasteiger partial charge in [0.2, 0.25) is 0 Å². The molecule has 0 heterocycles. The van der Waals surface area contributed by atoms with Crippen LogP contribution in [0.2, 0.25) is 5.02 Å². The fourth-order valence-corrected chi connectivity index (χ4v) is 3.52. The number of sulfonamides is 1. The Morgan fingerprint density at radius 2 is 1.77 bits per heavy atom. The largest absolute Gasteiger partial charge is 0.417 e. The predicted octanol–water partition coefficient (Wildman–Crippen LogP) is 4.92. The van der Waals surface area contributed by atoms with Crippen molar-refractivity contribution in [3.05, 3.63) is 57.5 Å². The number of anilines is 1. The molecule has 0 aliphatic rings. The topological polar surface area (TPSA) is 46.2 Å². The molecule has 0 aliphatic carbocycles. The Morgan fingerprint density at radius 3 is 2.36 bits per heavy atom. The number of halogens is 5. The van der Waals surface area contributed by atoms with Crippen LogP contribution in [0.1, 0.15) is 5.56 Å². The first-order valence-corrected chi connectivity index (χ1v) is 8.40. The second-order valence-electron chi connectivity index (χ2n) is 4.26. The molecule has 2 rings (SSSR count). The highest BCUT2D eigenvalue weighted by Gasteiger charge is 2.33. The van der Waals surface area contributed by atoms with E-state index in [2.05, 4.69) is 20.7 Å². The van der Waals surface area contributed by atoms with E-state index in [-0.39, 0.29) is 10.6 Å². The van der Waals surface area contributed by atoms with Crippen LogP contribution in [0.15, 0.2) is 51.8 Å². The van der Waals surface area contributed by atoms with Gasteiger partial charge >= 0.3 is 6.18 Å². The monoisotopic (exact) mass is 413 g/mol. The van der Waals surface area contributed by atoms with E-state index in [1.54, 1.807) is 6.07 Å². The molecule has 9 heteroatoms. The normalized spacial score (nSPS) is 12.2. The number of hydrogen-bond acceptors (Lipinski definition) is 2. The Kier molecular flexibility index (Phi) is 4.74. The van der Waals surface area contributed by atoms with E-state index in [0.717, 1.165) is 12.1 Å². The number of hydrogen-bond donors (Lipinski definition) is 1. The summed E-state index contributed by atoms with van der Waals surface area (Å²) >= 11 is 8.62. The summed E-state index contributed by atoms with van der Waals surface area (Å²) < 4.78 is 65.2. The van der Waals surface area contributed by atoms with Crippen molar-refractivity contribution in [1.29, 1.82) is 0 Å². The van der Waals surface area contributed by atoms with Gasteiger partial charge in [0.15, 0.2) is 0 Å². The van der Waals surface area contributed by atoms with Crippen molar-refractivity contribution in [2.24, 2.45) is 0 Å². The maximum Gasteiger partial charge on any atom is 0.417 e. The zero-order valence-electron chi connectivity index (χ0n) is 10.7. The Labute approximate surface area is 138 Å². The first-order valence-electron chi connectivity index (χ1n) is 5.75. The van der Waals surface area contributed by atoms with E-state index < -0.39 is 26.8 Å². The first-order chi connectivity index (χ1) is 10.1. The minimum Gasteiger partial charge on any atom is -0.280 e. The third kappa shape index (κ3) is 3.93. The molecule has 0 radical (unpaired) electrons. The van der Waals surface area contributed by atoms with E-state index in [0.29, 0.717) is 10.5 Å². The number of rotatable bonds is 3. The lowest BCUT2D eigenvalue weighted by atomic mass is 10.2. The molecule has 2 aromatic rings. The summed E-state index contributed by atoms with van der Waals surface area (Å²) in [5.74, 6) is 0. The van der Waals surface area contributed by atoms with Crippen molar-refractivity contribution in [2.45, 2.75) is 11.1 Å². The van der Waals surface area contributed by atoms with E-state index in [1.807, 2.05) is 0 Å². The van der Waals surface area contributed by atoms with Crippen molar-refractivity contribution >= 4 is 43.2 Å². The first kappa shape index (κ1) is 17.1. The van der Waals surface area contributed by atoms with Crippen molar-refractivity contribution in [2.75, 3.05) is 4.72 Å². The number of benzene rings is 2. The van der Waals surface area contributed by atoms with E-state index in [1.165, 1.54) is 18.2 Å². The van der Waals surface area contributed by atoms with Crippen LogP contribution in [0.5, 0.6) is 0 Å². The predicted molar refractivity (Wildman–Crippen MR) is 81.4 cm³/mol. The van der Waals surface area contributed by atoms with Gasteiger partial charge in [-0.15, -0.1) is 0 Å². The second kappa shape index (κ2) is 6.10. The molecular formula is C13H8BrClF3NO2S. The van der Waals surface area contributed by atoms with Crippen LogP contribution in [-0.2, 0) is 16.2 Å². The van der Waals surface area contributed by atoms with Crippen LogP contribution in [0, 0.1) is 0 Å². The fraction of sp³-hybridized carbons (Fsp3) is 0.0769. The smallest absolute Gasteiger partial charge is 0.280 e. The fourth-order valence-electron chi connectivity index (χ4n) is 1.65. The standard InChI is InChI=1S/C13H8BrClF3NO2S/c14-8-2-1-3-10(6-8)22(20,21)19-9-4-5-12(15)11(7-9)13(16,17)18/h1-7,19H. The molecule has 0 saturated heterocycles. The van der Waals surface area contributed by atoms with E-state index >= 15 is 0 Å². The van der Waals surface area contributed by atoms with E-state index in [4.69, 9.17) is 11.6 Å². The van der Waals surface area contributed by atoms with Gasteiger partial charge in [-0.2, -0.15) is 13.2 Å². The van der Waals surface area contributed by atoms with Crippen molar-refractivity contribution in [3.8, 4) is 0 Å². The van der Waals surface area contributed by atoms with Crippen LogP contribution in [0.3, 0.4) is 0 Å². The highest BCUT2D eigenvalue weighted by Crippen LogP contribution is 2.36. The van der Waals surface area contributed by atoms with Crippen LogP contribution in [0.25, 0.3) is 0 Å². The summed E-state index contributed by atoms with van der Waals surface area (Å²) in [7, 11) is -4.00. The summed E-state index contributed by atoms with van der Waals surface area (Å²) in [4.78, 5) is -0.0783. The molecule has 0 amide bonds. The molecule has 0 aromatic heterocycles.